The third-order valence-corrected chi connectivity index (χ3v) is 16.5. The summed E-state index contributed by atoms with van der Waals surface area (Å²) in [6.07, 6.45) is -1.39. The lowest BCUT2D eigenvalue weighted by molar-refractivity contribution is 0.00342. The highest BCUT2D eigenvalue weighted by atomic mass is 79.9. The fourth-order valence-electron chi connectivity index (χ4n) is 1.97. The Kier molecular flexibility index (Phi) is 7.16. The van der Waals surface area contributed by atoms with E-state index in [4.69, 9.17) is 25.2 Å². The van der Waals surface area contributed by atoms with Gasteiger partial charge in [0.15, 0.2) is 21.6 Å². The first-order valence-electron chi connectivity index (χ1n) is 8.82. The van der Waals surface area contributed by atoms with E-state index < -0.39 is 39.0 Å². The van der Waals surface area contributed by atoms with Crippen molar-refractivity contribution in [2.75, 3.05) is 6.61 Å². The van der Waals surface area contributed by atoms with E-state index in [1.165, 1.54) is 0 Å². The first-order valence-corrected chi connectivity index (χ1v) is 15.9. The van der Waals surface area contributed by atoms with E-state index in [9.17, 15) is 0 Å². The van der Waals surface area contributed by atoms with Crippen LogP contribution < -0.4 is 0 Å². The fourth-order valence-corrected chi connectivity index (χ4v) is 5.15. The Morgan fingerprint density at radius 1 is 1.04 bits per heavy atom. The summed E-state index contributed by atoms with van der Waals surface area (Å²) in [7, 11) is -4.18. The Bertz CT molecular complexity index is 475. The molecule has 3 nitrogen and oxygen atoms in total. The van der Waals surface area contributed by atoms with Gasteiger partial charge >= 0.3 is 0 Å². The van der Waals surface area contributed by atoms with Crippen LogP contribution in [-0.2, 0) is 13.6 Å². The van der Waals surface area contributed by atoms with E-state index in [2.05, 4.69) is 83.7 Å². The van der Waals surface area contributed by atoms with Crippen molar-refractivity contribution >= 4 is 44.2 Å². The molecule has 1 rings (SSSR count). The van der Waals surface area contributed by atoms with Gasteiger partial charge in [-0.15, -0.1) is 0 Å². The summed E-state index contributed by atoms with van der Waals surface area (Å²) in [6.45, 7) is 21.7. The molecule has 0 N–H and O–H groups in total. The van der Waals surface area contributed by atoms with Crippen LogP contribution in [0.1, 0.15) is 41.5 Å². The van der Waals surface area contributed by atoms with E-state index >= 15 is 4.39 Å². The molecule has 25 heavy (non-hydrogen) atoms. The Balaban J connectivity index is 2.98. The van der Waals surface area contributed by atoms with Crippen molar-refractivity contribution in [1.82, 2.24) is 0 Å². The topological polar surface area (TPSA) is 27.7 Å². The smallest absolute Gasteiger partial charge is 0.246 e. The number of hydrogen-bond donors (Lipinski definition) is 0. The average molecular weight is 478 g/mol. The molecule has 0 amide bonds. The molecule has 8 heteroatoms. The summed E-state index contributed by atoms with van der Waals surface area (Å²) in [5.74, 6) is 0. The van der Waals surface area contributed by atoms with Gasteiger partial charge in [-0.1, -0.05) is 69.1 Å². The molecule has 0 radical (unpaired) electrons. The molecule has 0 bridgehead atoms. The number of hydrogen-bond acceptors (Lipinski definition) is 3. The molecule has 150 valence electrons. The second kappa shape index (κ2) is 7.45. The van der Waals surface area contributed by atoms with Gasteiger partial charge < -0.3 is 13.6 Å². The highest BCUT2D eigenvalue weighted by Crippen LogP contribution is 2.47. The van der Waals surface area contributed by atoms with Crippen LogP contribution in [0.2, 0.25) is 36.3 Å². The molecule has 1 fully saturated rings. The standard InChI is InChI=1S/C17H35BrClFO3Si2/c1-15(2,3)24(7,8)21-11-12-13(17(19,20)14(18)22-12)23-25(9,10)16(4,5)6/h12-14H,11H2,1-10H3/t12-,13-,14?,17-/m1/s1. The summed E-state index contributed by atoms with van der Waals surface area (Å²) in [5, 5.41) is -3.00. The van der Waals surface area contributed by atoms with E-state index in [-0.39, 0.29) is 16.7 Å². The number of alkyl halides is 3. The van der Waals surface area contributed by atoms with Crippen molar-refractivity contribution in [2.45, 2.75) is 100 Å². The van der Waals surface area contributed by atoms with Crippen LogP contribution in [0.15, 0.2) is 0 Å². The number of ether oxygens (including phenoxy) is 1. The molecule has 0 aromatic heterocycles. The van der Waals surface area contributed by atoms with Crippen LogP contribution in [0.25, 0.3) is 0 Å². The van der Waals surface area contributed by atoms with Crippen molar-refractivity contribution < 1.29 is 18.0 Å². The van der Waals surface area contributed by atoms with Gasteiger partial charge in [-0.3, -0.25) is 0 Å². The maximum Gasteiger partial charge on any atom is 0.246 e. The summed E-state index contributed by atoms with van der Waals surface area (Å²) < 4.78 is 33.5. The van der Waals surface area contributed by atoms with Crippen molar-refractivity contribution in [3.05, 3.63) is 0 Å². The van der Waals surface area contributed by atoms with Crippen molar-refractivity contribution in [3.8, 4) is 0 Å². The largest absolute Gasteiger partial charge is 0.414 e. The summed E-state index contributed by atoms with van der Waals surface area (Å²) in [6, 6.07) is 0. The van der Waals surface area contributed by atoms with Crippen molar-refractivity contribution in [1.29, 1.82) is 0 Å². The van der Waals surface area contributed by atoms with Gasteiger partial charge in [-0.25, -0.2) is 4.39 Å². The van der Waals surface area contributed by atoms with Gasteiger partial charge in [0, 0.05) is 0 Å². The predicted octanol–water partition coefficient (Wildman–Crippen LogP) is 6.42. The SMILES string of the molecule is CC(C)(C)[Si](C)(C)OC[C@H]1OC(Br)[C@@](F)(Cl)[C@@H]1O[Si](C)(C)C(C)(C)C. The molecule has 1 aliphatic rings. The lowest BCUT2D eigenvalue weighted by atomic mass is 10.2. The predicted molar refractivity (Wildman–Crippen MR) is 112 cm³/mol. The monoisotopic (exact) mass is 476 g/mol. The van der Waals surface area contributed by atoms with Crippen LogP contribution in [0.3, 0.4) is 0 Å². The molecule has 0 aromatic carbocycles. The van der Waals surface area contributed by atoms with E-state index in [0.717, 1.165) is 0 Å². The maximum atomic E-state index is 15.1. The quantitative estimate of drug-likeness (QED) is 0.337. The lowest BCUT2D eigenvalue weighted by Crippen LogP contribution is -2.52. The molecule has 0 spiro atoms. The van der Waals surface area contributed by atoms with Crippen LogP contribution in [0.4, 0.5) is 4.39 Å². The van der Waals surface area contributed by atoms with Gasteiger partial charge in [0.2, 0.25) is 5.13 Å². The molecule has 1 saturated heterocycles. The summed E-state index contributed by atoms with van der Waals surface area (Å²) in [5.41, 5.74) is 0. The minimum absolute atomic E-state index is 0.0464. The number of rotatable bonds is 5. The third kappa shape index (κ3) is 5.30. The van der Waals surface area contributed by atoms with Gasteiger partial charge in [-0.05, 0) is 36.3 Å². The molecule has 1 heterocycles. The Morgan fingerprint density at radius 3 is 1.88 bits per heavy atom. The van der Waals surface area contributed by atoms with E-state index in [1.54, 1.807) is 0 Å². The van der Waals surface area contributed by atoms with Gasteiger partial charge in [0.05, 0.1) is 6.61 Å². The van der Waals surface area contributed by atoms with Crippen molar-refractivity contribution in [2.24, 2.45) is 0 Å². The maximum absolute atomic E-state index is 15.1. The highest BCUT2D eigenvalue weighted by Gasteiger charge is 2.59. The minimum atomic E-state index is -2.21. The summed E-state index contributed by atoms with van der Waals surface area (Å²) >= 11 is 9.41. The molecular formula is C17H35BrClFO3Si2. The van der Waals surface area contributed by atoms with Gasteiger partial charge in [-0.2, -0.15) is 0 Å². The molecule has 4 atom stereocenters. The molecule has 0 aliphatic carbocycles. The zero-order chi connectivity index (χ0) is 20.1. The van der Waals surface area contributed by atoms with E-state index in [1.807, 2.05) is 0 Å². The van der Waals surface area contributed by atoms with Gasteiger partial charge in [0.25, 0.3) is 0 Å². The second-order valence-corrected chi connectivity index (χ2v) is 21.0. The zero-order valence-electron chi connectivity index (χ0n) is 17.3. The van der Waals surface area contributed by atoms with Crippen LogP contribution in [0.5, 0.6) is 0 Å². The normalized spacial score (nSPS) is 32.3. The second-order valence-electron chi connectivity index (χ2n) is 10.0. The first kappa shape index (κ1) is 24.1. The highest BCUT2D eigenvalue weighted by molar-refractivity contribution is 9.09. The van der Waals surface area contributed by atoms with E-state index in [0.29, 0.717) is 0 Å². The molecule has 1 unspecified atom stereocenters. The van der Waals surface area contributed by atoms with Crippen LogP contribution >= 0.6 is 27.5 Å². The number of halogens is 3. The average Bonchev–Trinajstić information content (AvgIpc) is 2.57. The van der Waals surface area contributed by atoms with Crippen LogP contribution in [-0.4, -0.2) is 45.6 Å². The minimum Gasteiger partial charge on any atom is -0.414 e. The lowest BCUT2D eigenvalue weighted by Gasteiger charge is -2.41. The third-order valence-electron chi connectivity index (χ3n) is 5.96. The Hall–Kier alpha value is 1.01. The summed E-state index contributed by atoms with van der Waals surface area (Å²) in [4.78, 5) is 0. The molecule has 1 aliphatic heterocycles. The van der Waals surface area contributed by atoms with Gasteiger partial charge in [0.1, 0.15) is 12.2 Å². The van der Waals surface area contributed by atoms with Crippen molar-refractivity contribution in [3.63, 3.8) is 0 Å². The Morgan fingerprint density at radius 2 is 1.48 bits per heavy atom. The Labute approximate surface area is 168 Å². The molecule has 0 aromatic rings. The fraction of sp³-hybridized carbons (Fsp3) is 1.00. The molecular weight excluding hydrogens is 443 g/mol. The van der Waals surface area contributed by atoms with Crippen LogP contribution in [0, 0.1) is 0 Å². The zero-order valence-corrected chi connectivity index (χ0v) is 21.6. The first-order chi connectivity index (χ1) is 10.8. The molecule has 0 saturated carbocycles.